The Labute approximate surface area is 118 Å². The van der Waals surface area contributed by atoms with Crippen LogP contribution in [0.3, 0.4) is 0 Å². The fourth-order valence-electron chi connectivity index (χ4n) is 2.16. The first-order valence-electron chi connectivity index (χ1n) is 6.41. The van der Waals surface area contributed by atoms with Gasteiger partial charge in [0.05, 0.1) is 18.4 Å². The minimum absolute atomic E-state index is 0.218. The molecule has 0 aliphatic carbocycles. The standard InChI is InChI=1S/C13H18N2O4S/c1-10-5-6-12(11(9-10)13(16)19-2)14-20(17,18)15-7-3-4-8-15/h5-6,9,14H,3-4,7-8H2,1-2H3. The van der Waals surface area contributed by atoms with E-state index in [1.54, 1.807) is 18.2 Å². The summed E-state index contributed by atoms with van der Waals surface area (Å²) in [5.74, 6) is -0.562. The highest BCUT2D eigenvalue weighted by Crippen LogP contribution is 2.22. The molecule has 0 bridgehead atoms. The Morgan fingerprint density at radius 1 is 1.30 bits per heavy atom. The largest absolute Gasteiger partial charge is 0.465 e. The second-order valence-corrected chi connectivity index (χ2v) is 6.42. The number of aryl methyl sites for hydroxylation is 1. The summed E-state index contributed by atoms with van der Waals surface area (Å²) >= 11 is 0. The monoisotopic (exact) mass is 298 g/mol. The molecular formula is C13H18N2O4S. The number of anilines is 1. The third-order valence-corrected chi connectivity index (χ3v) is 4.75. The van der Waals surface area contributed by atoms with E-state index < -0.39 is 16.2 Å². The van der Waals surface area contributed by atoms with Crippen LogP contribution >= 0.6 is 0 Å². The molecule has 0 saturated carbocycles. The van der Waals surface area contributed by atoms with Gasteiger partial charge in [0.15, 0.2) is 0 Å². The van der Waals surface area contributed by atoms with Gasteiger partial charge in [0.1, 0.15) is 0 Å². The number of nitrogens with one attached hydrogen (secondary N) is 1. The van der Waals surface area contributed by atoms with E-state index in [9.17, 15) is 13.2 Å². The maximum absolute atomic E-state index is 12.2. The van der Waals surface area contributed by atoms with E-state index >= 15 is 0 Å². The summed E-state index contributed by atoms with van der Waals surface area (Å²) in [6.07, 6.45) is 1.72. The molecule has 0 amide bonds. The van der Waals surface area contributed by atoms with Gasteiger partial charge in [0.2, 0.25) is 0 Å². The molecule has 20 heavy (non-hydrogen) atoms. The Balaban J connectivity index is 2.31. The van der Waals surface area contributed by atoms with Crippen molar-refractivity contribution in [1.29, 1.82) is 0 Å². The van der Waals surface area contributed by atoms with Crippen LogP contribution in [0.4, 0.5) is 5.69 Å². The van der Waals surface area contributed by atoms with Gasteiger partial charge in [-0.3, -0.25) is 4.72 Å². The van der Waals surface area contributed by atoms with Crippen molar-refractivity contribution >= 4 is 21.9 Å². The zero-order valence-electron chi connectivity index (χ0n) is 11.5. The molecule has 1 aromatic carbocycles. The lowest BCUT2D eigenvalue weighted by molar-refractivity contribution is 0.0602. The van der Waals surface area contributed by atoms with Crippen LogP contribution in [0.5, 0.6) is 0 Å². The highest BCUT2D eigenvalue weighted by Gasteiger charge is 2.26. The van der Waals surface area contributed by atoms with Crippen LogP contribution in [-0.2, 0) is 14.9 Å². The van der Waals surface area contributed by atoms with Crippen molar-refractivity contribution in [2.75, 3.05) is 24.9 Å². The molecule has 0 aromatic heterocycles. The second kappa shape index (κ2) is 5.80. The lowest BCUT2D eigenvalue weighted by Crippen LogP contribution is -2.33. The van der Waals surface area contributed by atoms with Gasteiger partial charge >= 0.3 is 16.2 Å². The summed E-state index contributed by atoms with van der Waals surface area (Å²) in [6, 6.07) is 4.93. The lowest BCUT2D eigenvalue weighted by Gasteiger charge is -2.18. The number of nitrogens with zero attached hydrogens (tertiary/aromatic N) is 1. The zero-order valence-corrected chi connectivity index (χ0v) is 12.4. The van der Waals surface area contributed by atoms with Crippen LogP contribution in [-0.4, -0.2) is 38.9 Å². The van der Waals surface area contributed by atoms with Crippen LogP contribution in [0.25, 0.3) is 0 Å². The number of esters is 1. The Kier molecular flexibility index (Phi) is 4.29. The van der Waals surface area contributed by atoms with Crippen LogP contribution in [0, 0.1) is 6.92 Å². The summed E-state index contributed by atoms with van der Waals surface area (Å²) in [7, 11) is -2.35. The topological polar surface area (TPSA) is 75.7 Å². The molecule has 6 nitrogen and oxygen atoms in total. The van der Waals surface area contributed by atoms with Crippen molar-refractivity contribution in [3.8, 4) is 0 Å². The number of ether oxygens (including phenoxy) is 1. The molecule has 110 valence electrons. The third kappa shape index (κ3) is 3.10. The number of methoxy groups -OCH3 is 1. The van der Waals surface area contributed by atoms with Crippen LogP contribution < -0.4 is 4.72 Å². The van der Waals surface area contributed by atoms with E-state index in [1.165, 1.54) is 11.4 Å². The molecule has 1 aromatic rings. The summed E-state index contributed by atoms with van der Waals surface area (Å²) in [5.41, 5.74) is 1.32. The normalized spacial score (nSPS) is 16.1. The van der Waals surface area contributed by atoms with Crippen LogP contribution in [0.15, 0.2) is 18.2 Å². The van der Waals surface area contributed by atoms with E-state index in [-0.39, 0.29) is 11.3 Å². The van der Waals surface area contributed by atoms with Crippen molar-refractivity contribution in [2.45, 2.75) is 19.8 Å². The molecule has 1 aliphatic rings. The Morgan fingerprint density at radius 2 is 1.95 bits per heavy atom. The fourth-order valence-corrected chi connectivity index (χ4v) is 3.48. The Hall–Kier alpha value is -1.60. The number of carbonyl (C=O) groups excluding carboxylic acids is 1. The predicted octanol–water partition coefficient (Wildman–Crippen LogP) is 1.53. The maximum Gasteiger partial charge on any atom is 0.340 e. The lowest BCUT2D eigenvalue weighted by atomic mass is 10.1. The molecule has 2 rings (SSSR count). The van der Waals surface area contributed by atoms with Crippen molar-refractivity contribution in [2.24, 2.45) is 0 Å². The molecule has 1 aliphatic heterocycles. The van der Waals surface area contributed by atoms with Gasteiger partial charge in [0.25, 0.3) is 0 Å². The average molecular weight is 298 g/mol. The summed E-state index contributed by atoms with van der Waals surface area (Å²) in [6.45, 7) is 2.84. The number of hydrogen-bond donors (Lipinski definition) is 1. The quantitative estimate of drug-likeness (QED) is 0.855. The molecule has 7 heteroatoms. The van der Waals surface area contributed by atoms with Crippen molar-refractivity contribution in [3.05, 3.63) is 29.3 Å². The third-order valence-electron chi connectivity index (χ3n) is 3.22. The highest BCUT2D eigenvalue weighted by atomic mass is 32.2. The zero-order chi connectivity index (χ0) is 14.8. The van der Waals surface area contributed by atoms with Gasteiger partial charge in [-0.1, -0.05) is 11.6 Å². The summed E-state index contributed by atoms with van der Waals surface area (Å²) in [5, 5.41) is 0. The fraction of sp³-hybridized carbons (Fsp3) is 0.462. The number of hydrogen-bond acceptors (Lipinski definition) is 4. The van der Waals surface area contributed by atoms with Crippen LogP contribution in [0.2, 0.25) is 0 Å². The summed E-state index contributed by atoms with van der Waals surface area (Å²) < 4.78 is 33.0. The molecule has 1 saturated heterocycles. The average Bonchev–Trinajstić information content (AvgIpc) is 2.94. The van der Waals surface area contributed by atoms with Crippen molar-refractivity contribution in [3.63, 3.8) is 0 Å². The molecule has 1 N–H and O–H groups in total. The van der Waals surface area contributed by atoms with E-state index in [4.69, 9.17) is 0 Å². The number of benzene rings is 1. The minimum Gasteiger partial charge on any atom is -0.465 e. The maximum atomic E-state index is 12.2. The first-order valence-corrected chi connectivity index (χ1v) is 7.85. The Morgan fingerprint density at radius 3 is 2.55 bits per heavy atom. The van der Waals surface area contributed by atoms with Crippen LogP contribution in [0.1, 0.15) is 28.8 Å². The highest BCUT2D eigenvalue weighted by molar-refractivity contribution is 7.90. The van der Waals surface area contributed by atoms with Gasteiger partial charge in [0, 0.05) is 13.1 Å². The molecule has 0 spiro atoms. The molecule has 0 unspecified atom stereocenters. The van der Waals surface area contributed by atoms with E-state index in [0.717, 1.165) is 18.4 Å². The first kappa shape index (κ1) is 14.8. The van der Waals surface area contributed by atoms with E-state index in [1.807, 2.05) is 6.92 Å². The minimum atomic E-state index is -3.61. The second-order valence-electron chi connectivity index (χ2n) is 4.75. The van der Waals surface area contributed by atoms with Gasteiger partial charge in [-0.15, -0.1) is 0 Å². The molecule has 1 heterocycles. The molecule has 0 atom stereocenters. The SMILES string of the molecule is COC(=O)c1cc(C)ccc1NS(=O)(=O)N1CCCC1. The van der Waals surface area contributed by atoms with Gasteiger partial charge < -0.3 is 4.74 Å². The van der Waals surface area contributed by atoms with Crippen molar-refractivity contribution in [1.82, 2.24) is 4.31 Å². The number of rotatable bonds is 4. The van der Waals surface area contributed by atoms with Crippen molar-refractivity contribution < 1.29 is 17.9 Å². The van der Waals surface area contributed by atoms with Gasteiger partial charge in [-0.2, -0.15) is 12.7 Å². The molecule has 1 fully saturated rings. The first-order chi connectivity index (χ1) is 9.44. The number of carbonyl (C=O) groups is 1. The van der Waals surface area contributed by atoms with E-state index in [2.05, 4.69) is 9.46 Å². The molecular weight excluding hydrogens is 280 g/mol. The van der Waals surface area contributed by atoms with E-state index in [0.29, 0.717) is 13.1 Å². The smallest absolute Gasteiger partial charge is 0.340 e. The predicted molar refractivity (Wildman–Crippen MR) is 75.9 cm³/mol. The van der Waals surface area contributed by atoms with Gasteiger partial charge in [-0.25, -0.2) is 4.79 Å². The Bertz CT molecular complexity index is 607. The van der Waals surface area contributed by atoms with Gasteiger partial charge in [-0.05, 0) is 31.9 Å². The molecule has 0 radical (unpaired) electrons. The summed E-state index contributed by atoms with van der Waals surface area (Å²) in [4.78, 5) is 11.7.